The van der Waals surface area contributed by atoms with Gasteiger partial charge in [0.05, 0.1) is 6.10 Å². The van der Waals surface area contributed by atoms with Crippen LogP contribution < -0.4 is 0 Å². The number of benzene rings is 1. The fourth-order valence-corrected chi connectivity index (χ4v) is 3.26. The first-order valence-corrected chi connectivity index (χ1v) is 8.41. The van der Waals surface area contributed by atoms with Crippen molar-refractivity contribution < 1.29 is 9.53 Å². The lowest BCUT2D eigenvalue weighted by molar-refractivity contribution is -0.121. The van der Waals surface area contributed by atoms with Crippen LogP contribution >= 0.6 is 0 Å². The van der Waals surface area contributed by atoms with Gasteiger partial charge in [-0.15, -0.1) is 0 Å². The van der Waals surface area contributed by atoms with Gasteiger partial charge in [-0.2, -0.15) is 0 Å². The molecule has 1 aliphatic rings. The first-order chi connectivity index (χ1) is 10.2. The van der Waals surface area contributed by atoms with Gasteiger partial charge in [-0.05, 0) is 37.2 Å². The van der Waals surface area contributed by atoms with Gasteiger partial charge in [0.2, 0.25) is 0 Å². The van der Waals surface area contributed by atoms with Gasteiger partial charge in [0.25, 0.3) is 0 Å². The minimum atomic E-state index is 0.0562. The number of ether oxygens (including phenoxy) is 1. The van der Waals surface area contributed by atoms with Crippen LogP contribution in [0.5, 0.6) is 0 Å². The second kappa shape index (κ2) is 8.33. The van der Waals surface area contributed by atoms with E-state index in [9.17, 15) is 4.79 Å². The summed E-state index contributed by atoms with van der Waals surface area (Å²) in [4.78, 5) is 12.7. The molecule has 2 rings (SSSR count). The molecule has 0 amide bonds. The molecule has 0 aliphatic carbocycles. The van der Waals surface area contributed by atoms with Crippen LogP contribution in [0.3, 0.4) is 0 Å². The smallest absolute Gasteiger partial charge is 0.140 e. The summed E-state index contributed by atoms with van der Waals surface area (Å²) in [5.41, 5.74) is 1.17. The Balaban J connectivity index is 1.91. The largest absolute Gasteiger partial charge is 0.378 e. The number of carbonyl (C=O) groups excluding carboxylic acids is 1. The predicted octanol–water partition coefficient (Wildman–Crippen LogP) is 4.73. The van der Waals surface area contributed by atoms with E-state index >= 15 is 0 Å². The maximum Gasteiger partial charge on any atom is 0.140 e. The van der Waals surface area contributed by atoms with Gasteiger partial charge < -0.3 is 4.74 Å². The van der Waals surface area contributed by atoms with Crippen LogP contribution in [0.25, 0.3) is 0 Å². The maximum atomic E-state index is 12.7. The van der Waals surface area contributed by atoms with Crippen LogP contribution in [0, 0.1) is 5.92 Å². The van der Waals surface area contributed by atoms with Crippen molar-refractivity contribution >= 4 is 5.78 Å². The molecule has 2 nitrogen and oxygen atoms in total. The Morgan fingerprint density at radius 3 is 2.71 bits per heavy atom. The van der Waals surface area contributed by atoms with E-state index < -0.39 is 0 Å². The van der Waals surface area contributed by atoms with Crippen molar-refractivity contribution in [3.63, 3.8) is 0 Å². The van der Waals surface area contributed by atoms with Gasteiger partial charge in [0.1, 0.15) is 5.78 Å². The SMILES string of the molecule is CCC(C)C(C(=O)CCCC1CCCO1)c1ccccc1. The van der Waals surface area contributed by atoms with E-state index in [2.05, 4.69) is 26.0 Å². The molecule has 0 radical (unpaired) electrons. The Morgan fingerprint density at radius 2 is 2.10 bits per heavy atom. The molecule has 3 atom stereocenters. The fraction of sp³-hybridized carbons (Fsp3) is 0.632. The Hall–Kier alpha value is -1.15. The quantitative estimate of drug-likeness (QED) is 0.691. The topological polar surface area (TPSA) is 26.3 Å². The third-order valence-electron chi connectivity index (χ3n) is 4.69. The Labute approximate surface area is 128 Å². The number of carbonyl (C=O) groups is 1. The van der Waals surface area contributed by atoms with E-state index in [1.165, 1.54) is 18.4 Å². The van der Waals surface area contributed by atoms with E-state index in [0.717, 1.165) is 25.9 Å². The van der Waals surface area contributed by atoms with Gasteiger partial charge >= 0.3 is 0 Å². The molecule has 21 heavy (non-hydrogen) atoms. The molecule has 0 N–H and O–H groups in total. The summed E-state index contributed by atoms with van der Waals surface area (Å²) in [7, 11) is 0. The maximum absolute atomic E-state index is 12.7. The molecule has 1 saturated heterocycles. The summed E-state index contributed by atoms with van der Waals surface area (Å²) in [5, 5.41) is 0. The third-order valence-corrected chi connectivity index (χ3v) is 4.69. The minimum absolute atomic E-state index is 0.0562. The Bertz CT molecular complexity index is 420. The van der Waals surface area contributed by atoms with Gasteiger partial charge in [-0.1, -0.05) is 50.6 Å². The lowest BCUT2D eigenvalue weighted by atomic mass is 9.81. The van der Waals surface area contributed by atoms with Crippen molar-refractivity contribution in [2.45, 2.75) is 64.4 Å². The Morgan fingerprint density at radius 1 is 1.33 bits per heavy atom. The zero-order valence-corrected chi connectivity index (χ0v) is 13.4. The monoisotopic (exact) mass is 288 g/mol. The minimum Gasteiger partial charge on any atom is -0.378 e. The number of Topliss-reactive ketones (excluding diaryl/α,β-unsaturated/α-hetero) is 1. The fourth-order valence-electron chi connectivity index (χ4n) is 3.26. The molecule has 0 bridgehead atoms. The van der Waals surface area contributed by atoms with Crippen molar-refractivity contribution in [2.24, 2.45) is 5.92 Å². The van der Waals surface area contributed by atoms with Crippen molar-refractivity contribution in [3.05, 3.63) is 35.9 Å². The zero-order chi connectivity index (χ0) is 15.1. The summed E-state index contributed by atoms with van der Waals surface area (Å²) in [6.45, 7) is 5.26. The van der Waals surface area contributed by atoms with Crippen molar-refractivity contribution in [1.82, 2.24) is 0 Å². The number of hydrogen-bond donors (Lipinski definition) is 0. The summed E-state index contributed by atoms with van der Waals surface area (Å²) in [5.74, 6) is 0.858. The predicted molar refractivity (Wildman–Crippen MR) is 86.5 cm³/mol. The van der Waals surface area contributed by atoms with E-state index in [1.807, 2.05) is 18.2 Å². The summed E-state index contributed by atoms with van der Waals surface area (Å²) < 4.78 is 5.64. The third kappa shape index (κ3) is 4.67. The van der Waals surface area contributed by atoms with Crippen molar-refractivity contribution in [2.75, 3.05) is 6.61 Å². The highest BCUT2D eigenvalue weighted by Gasteiger charge is 2.25. The van der Waals surface area contributed by atoms with Crippen LogP contribution in [0.15, 0.2) is 30.3 Å². The molecule has 1 aliphatic heterocycles. The lowest BCUT2D eigenvalue weighted by Gasteiger charge is -2.22. The summed E-state index contributed by atoms with van der Waals surface area (Å²) in [6, 6.07) is 10.3. The number of rotatable bonds is 8. The highest BCUT2D eigenvalue weighted by atomic mass is 16.5. The number of hydrogen-bond acceptors (Lipinski definition) is 2. The summed E-state index contributed by atoms with van der Waals surface area (Å²) >= 11 is 0. The van der Waals surface area contributed by atoms with Crippen LogP contribution in [0.4, 0.5) is 0 Å². The standard InChI is InChI=1S/C19H28O2/c1-3-15(2)19(16-9-5-4-6-10-16)18(20)13-7-11-17-12-8-14-21-17/h4-6,9-10,15,17,19H,3,7-8,11-14H2,1-2H3. The first-order valence-electron chi connectivity index (χ1n) is 8.41. The molecular weight excluding hydrogens is 260 g/mol. The Kier molecular flexibility index (Phi) is 6.44. The molecule has 1 aromatic carbocycles. The van der Waals surface area contributed by atoms with Crippen LogP contribution in [0.2, 0.25) is 0 Å². The van der Waals surface area contributed by atoms with Crippen molar-refractivity contribution in [1.29, 1.82) is 0 Å². The van der Waals surface area contributed by atoms with Crippen LogP contribution in [-0.2, 0) is 9.53 Å². The van der Waals surface area contributed by atoms with Crippen LogP contribution in [0.1, 0.15) is 63.9 Å². The molecule has 2 heteroatoms. The lowest BCUT2D eigenvalue weighted by Crippen LogP contribution is -2.20. The molecule has 0 saturated carbocycles. The molecule has 116 valence electrons. The van der Waals surface area contributed by atoms with Gasteiger partial charge in [-0.3, -0.25) is 4.79 Å². The molecule has 1 fully saturated rings. The molecule has 1 heterocycles. The van der Waals surface area contributed by atoms with E-state index in [4.69, 9.17) is 4.74 Å². The molecule has 0 aromatic heterocycles. The average molecular weight is 288 g/mol. The van der Waals surface area contributed by atoms with Crippen LogP contribution in [-0.4, -0.2) is 18.5 Å². The van der Waals surface area contributed by atoms with E-state index in [-0.39, 0.29) is 5.92 Å². The zero-order valence-electron chi connectivity index (χ0n) is 13.4. The second-order valence-electron chi connectivity index (χ2n) is 6.27. The molecule has 3 unspecified atom stereocenters. The summed E-state index contributed by atoms with van der Waals surface area (Å²) in [6.07, 6.45) is 6.47. The first kappa shape index (κ1) is 16.2. The number of ketones is 1. The van der Waals surface area contributed by atoms with Gasteiger partial charge in [-0.25, -0.2) is 0 Å². The second-order valence-corrected chi connectivity index (χ2v) is 6.27. The van der Waals surface area contributed by atoms with E-state index in [0.29, 0.717) is 24.2 Å². The molecule has 1 aromatic rings. The van der Waals surface area contributed by atoms with E-state index in [1.54, 1.807) is 0 Å². The normalized spacial score (nSPS) is 21.1. The highest BCUT2D eigenvalue weighted by molar-refractivity contribution is 5.86. The van der Waals surface area contributed by atoms with Gasteiger partial charge in [0, 0.05) is 18.9 Å². The van der Waals surface area contributed by atoms with Gasteiger partial charge in [0.15, 0.2) is 0 Å². The molecule has 0 spiro atoms. The average Bonchev–Trinajstić information content (AvgIpc) is 3.01. The highest BCUT2D eigenvalue weighted by Crippen LogP contribution is 2.30. The molecular formula is C19H28O2. The van der Waals surface area contributed by atoms with Crippen molar-refractivity contribution in [3.8, 4) is 0 Å².